The molecule has 1 N–H and O–H groups in total. The summed E-state index contributed by atoms with van der Waals surface area (Å²) in [6.07, 6.45) is 0. The van der Waals surface area contributed by atoms with Crippen molar-refractivity contribution in [3.05, 3.63) is 28.5 Å². The Morgan fingerprint density at radius 3 is 2.80 bits per heavy atom. The van der Waals surface area contributed by atoms with Gasteiger partial charge in [0.15, 0.2) is 5.75 Å². The number of anilines is 1. The van der Waals surface area contributed by atoms with Gasteiger partial charge in [0.1, 0.15) is 5.82 Å². The molecule has 0 radical (unpaired) electrons. The number of halogens is 2. The number of rotatable bonds is 3. The number of hydrogen-bond acceptors (Lipinski definition) is 3. The summed E-state index contributed by atoms with van der Waals surface area (Å²) < 4.78 is 37.7. The van der Waals surface area contributed by atoms with Crippen LogP contribution in [0.1, 0.15) is 0 Å². The van der Waals surface area contributed by atoms with Gasteiger partial charge in [-0.1, -0.05) is 0 Å². The van der Waals surface area contributed by atoms with Gasteiger partial charge in [-0.15, -0.1) is 0 Å². The lowest BCUT2D eigenvalue weighted by Gasteiger charge is -2.06. The zero-order valence-corrected chi connectivity index (χ0v) is 9.77. The Morgan fingerprint density at radius 1 is 1.53 bits per heavy atom. The molecule has 0 saturated carbocycles. The molecule has 1 aromatic rings. The Morgan fingerprint density at radius 2 is 2.20 bits per heavy atom. The highest BCUT2D eigenvalue weighted by molar-refractivity contribution is 9.10. The van der Waals surface area contributed by atoms with E-state index in [0.717, 1.165) is 6.07 Å². The van der Waals surface area contributed by atoms with Gasteiger partial charge in [0.05, 0.1) is 11.8 Å². The lowest BCUT2D eigenvalue weighted by atomic mass is 10.3. The molecule has 0 aliphatic rings. The maximum atomic E-state index is 12.8. The second-order valence-corrected chi connectivity index (χ2v) is 5.22. The number of nitrogens with one attached hydrogen (secondary N) is 1. The molecule has 15 heavy (non-hydrogen) atoms. The zero-order chi connectivity index (χ0) is 11.5. The summed E-state index contributed by atoms with van der Waals surface area (Å²) in [6.45, 7) is 0. The highest BCUT2D eigenvalue weighted by atomic mass is 79.9. The third-order valence-electron chi connectivity index (χ3n) is 1.45. The van der Waals surface area contributed by atoms with Gasteiger partial charge in [0, 0.05) is 4.47 Å². The van der Waals surface area contributed by atoms with Crippen LogP contribution < -0.4 is 4.72 Å². The Labute approximate surface area is 94.9 Å². The van der Waals surface area contributed by atoms with Gasteiger partial charge in [-0.2, -0.15) is 5.26 Å². The van der Waals surface area contributed by atoms with Crippen molar-refractivity contribution in [3.63, 3.8) is 0 Å². The first-order valence-corrected chi connectivity index (χ1v) is 6.21. The second-order valence-electron chi connectivity index (χ2n) is 2.64. The SMILES string of the molecule is N#CCS(=O)(=O)Nc1cc(F)ccc1Br. The molecular formula is C8H6BrFN2O2S. The maximum Gasteiger partial charge on any atom is 0.246 e. The monoisotopic (exact) mass is 292 g/mol. The van der Waals surface area contributed by atoms with E-state index in [1.807, 2.05) is 0 Å². The molecular weight excluding hydrogens is 287 g/mol. The average Bonchev–Trinajstić information content (AvgIpc) is 2.10. The van der Waals surface area contributed by atoms with E-state index in [1.165, 1.54) is 18.2 Å². The van der Waals surface area contributed by atoms with E-state index in [9.17, 15) is 12.8 Å². The summed E-state index contributed by atoms with van der Waals surface area (Å²) in [4.78, 5) is 0. The topological polar surface area (TPSA) is 70.0 Å². The minimum Gasteiger partial charge on any atom is -0.281 e. The Hall–Kier alpha value is -1.13. The molecule has 0 heterocycles. The third kappa shape index (κ3) is 3.49. The Kier molecular flexibility index (Phi) is 3.66. The molecule has 80 valence electrons. The first-order valence-electron chi connectivity index (χ1n) is 3.77. The Bertz CT molecular complexity index is 510. The maximum absolute atomic E-state index is 12.8. The smallest absolute Gasteiger partial charge is 0.246 e. The van der Waals surface area contributed by atoms with E-state index < -0.39 is 21.6 Å². The van der Waals surface area contributed by atoms with Crippen molar-refractivity contribution >= 4 is 31.6 Å². The predicted molar refractivity (Wildman–Crippen MR) is 57.1 cm³/mol. The fraction of sp³-hybridized carbons (Fsp3) is 0.125. The van der Waals surface area contributed by atoms with Crippen LogP contribution in [-0.4, -0.2) is 14.2 Å². The van der Waals surface area contributed by atoms with Crippen molar-refractivity contribution in [2.75, 3.05) is 10.5 Å². The first kappa shape index (κ1) is 11.9. The van der Waals surface area contributed by atoms with E-state index in [2.05, 4.69) is 20.7 Å². The third-order valence-corrected chi connectivity index (χ3v) is 3.18. The van der Waals surface area contributed by atoms with Crippen LogP contribution in [-0.2, 0) is 10.0 Å². The van der Waals surface area contributed by atoms with Crippen LogP contribution in [0.4, 0.5) is 10.1 Å². The van der Waals surface area contributed by atoms with Crippen molar-refractivity contribution in [3.8, 4) is 6.07 Å². The van der Waals surface area contributed by atoms with Gasteiger partial charge < -0.3 is 0 Å². The molecule has 0 atom stereocenters. The molecule has 0 unspecified atom stereocenters. The van der Waals surface area contributed by atoms with Crippen molar-refractivity contribution < 1.29 is 12.8 Å². The molecule has 1 rings (SSSR count). The van der Waals surface area contributed by atoms with E-state index in [1.54, 1.807) is 0 Å². The largest absolute Gasteiger partial charge is 0.281 e. The normalized spacial score (nSPS) is 10.7. The molecule has 0 aliphatic carbocycles. The summed E-state index contributed by atoms with van der Waals surface area (Å²) in [5.74, 6) is -1.23. The standard InChI is InChI=1S/C8H6BrFN2O2S/c9-7-2-1-6(10)5-8(7)12-15(13,14)4-3-11/h1-2,5,12H,4H2. The fourth-order valence-corrected chi connectivity index (χ4v) is 2.09. The molecule has 0 aliphatic heterocycles. The summed E-state index contributed by atoms with van der Waals surface area (Å²) in [5.41, 5.74) is 0.0743. The molecule has 1 aromatic carbocycles. The number of nitrogens with zero attached hydrogens (tertiary/aromatic N) is 1. The quantitative estimate of drug-likeness (QED) is 0.924. The Balaban J connectivity index is 3.00. The molecule has 0 aromatic heterocycles. The zero-order valence-electron chi connectivity index (χ0n) is 7.37. The van der Waals surface area contributed by atoms with Crippen LogP contribution in [0.3, 0.4) is 0 Å². The van der Waals surface area contributed by atoms with Crippen LogP contribution in [0.25, 0.3) is 0 Å². The predicted octanol–water partition coefficient (Wildman–Crippen LogP) is 1.85. The van der Waals surface area contributed by atoms with Crippen LogP contribution in [0, 0.1) is 17.1 Å². The number of sulfonamides is 1. The minimum absolute atomic E-state index is 0.0743. The van der Waals surface area contributed by atoms with Gasteiger partial charge >= 0.3 is 0 Å². The van der Waals surface area contributed by atoms with Crippen molar-refractivity contribution in [1.29, 1.82) is 5.26 Å². The van der Waals surface area contributed by atoms with E-state index >= 15 is 0 Å². The van der Waals surface area contributed by atoms with Gasteiger partial charge in [0.25, 0.3) is 0 Å². The van der Waals surface area contributed by atoms with Crippen LogP contribution in [0.2, 0.25) is 0 Å². The second kappa shape index (κ2) is 4.59. The molecule has 0 amide bonds. The summed E-state index contributed by atoms with van der Waals surface area (Å²) >= 11 is 3.06. The molecule has 7 heteroatoms. The molecule has 0 fully saturated rings. The number of benzene rings is 1. The lowest BCUT2D eigenvalue weighted by Crippen LogP contribution is -2.15. The van der Waals surface area contributed by atoms with Crippen molar-refractivity contribution in [1.82, 2.24) is 0 Å². The summed E-state index contributed by atoms with van der Waals surface area (Å²) in [6, 6.07) is 5.09. The highest BCUT2D eigenvalue weighted by Crippen LogP contribution is 2.23. The molecule has 0 spiro atoms. The molecule has 0 bridgehead atoms. The number of hydrogen-bond donors (Lipinski definition) is 1. The van der Waals surface area contributed by atoms with Gasteiger partial charge in [-0.3, -0.25) is 4.72 Å². The number of nitriles is 1. The van der Waals surface area contributed by atoms with Crippen LogP contribution >= 0.6 is 15.9 Å². The fourth-order valence-electron chi connectivity index (χ4n) is 0.864. The molecule has 4 nitrogen and oxygen atoms in total. The summed E-state index contributed by atoms with van der Waals surface area (Å²) in [5, 5.41) is 8.25. The van der Waals surface area contributed by atoms with Gasteiger partial charge in [-0.05, 0) is 34.1 Å². The summed E-state index contributed by atoms with van der Waals surface area (Å²) in [7, 11) is -3.73. The van der Waals surface area contributed by atoms with Gasteiger partial charge in [-0.25, -0.2) is 12.8 Å². The first-order chi connectivity index (χ1) is 6.94. The van der Waals surface area contributed by atoms with Crippen LogP contribution in [0.5, 0.6) is 0 Å². The lowest BCUT2D eigenvalue weighted by molar-refractivity contribution is 0.604. The van der Waals surface area contributed by atoms with Crippen molar-refractivity contribution in [2.24, 2.45) is 0 Å². The van der Waals surface area contributed by atoms with Crippen molar-refractivity contribution in [2.45, 2.75) is 0 Å². The van der Waals surface area contributed by atoms with Gasteiger partial charge in [0.2, 0.25) is 10.0 Å². The molecule has 0 saturated heterocycles. The van der Waals surface area contributed by atoms with Crippen LogP contribution in [0.15, 0.2) is 22.7 Å². The highest BCUT2D eigenvalue weighted by Gasteiger charge is 2.12. The minimum atomic E-state index is -3.73. The van der Waals surface area contributed by atoms with E-state index in [-0.39, 0.29) is 5.69 Å². The average molecular weight is 293 g/mol. The van der Waals surface area contributed by atoms with E-state index in [0.29, 0.717) is 4.47 Å². The van der Waals surface area contributed by atoms with E-state index in [4.69, 9.17) is 5.26 Å².